The highest BCUT2D eigenvalue weighted by Gasteiger charge is 2.27. The van der Waals surface area contributed by atoms with Crippen molar-refractivity contribution in [3.8, 4) is 16.9 Å². The molecule has 1 unspecified atom stereocenters. The number of halogens is 2. The number of fused-ring (bicyclic) bond motifs is 1. The standard InChI is InChI=1S/C15H11Cl2N3O/c16-12-4-2-1-3-11(12)14-13(17)6-5-9-7-10(8-19-20-18)21-15(9)14/h1-6,10H,7-8H2. The first-order chi connectivity index (χ1) is 10.2. The van der Waals surface area contributed by atoms with E-state index in [4.69, 9.17) is 33.5 Å². The van der Waals surface area contributed by atoms with Crippen molar-refractivity contribution >= 4 is 23.2 Å². The van der Waals surface area contributed by atoms with Gasteiger partial charge in [-0.1, -0.05) is 52.6 Å². The largest absolute Gasteiger partial charge is 0.489 e. The molecule has 0 spiro atoms. The fraction of sp³-hybridized carbons (Fsp3) is 0.200. The van der Waals surface area contributed by atoms with Crippen molar-refractivity contribution in [3.05, 3.63) is 62.4 Å². The molecule has 21 heavy (non-hydrogen) atoms. The Morgan fingerprint density at radius 3 is 2.76 bits per heavy atom. The third-order valence-electron chi connectivity index (χ3n) is 3.41. The zero-order valence-electron chi connectivity index (χ0n) is 11.0. The molecular weight excluding hydrogens is 309 g/mol. The third kappa shape index (κ3) is 2.66. The van der Waals surface area contributed by atoms with Crippen molar-refractivity contribution in [1.82, 2.24) is 0 Å². The maximum Gasteiger partial charge on any atom is 0.132 e. The lowest BCUT2D eigenvalue weighted by atomic mass is 10.0. The minimum atomic E-state index is -0.157. The van der Waals surface area contributed by atoms with Gasteiger partial charge in [-0.3, -0.25) is 0 Å². The molecule has 0 saturated heterocycles. The van der Waals surface area contributed by atoms with Crippen LogP contribution in [0.15, 0.2) is 41.5 Å². The Balaban J connectivity index is 2.07. The summed E-state index contributed by atoms with van der Waals surface area (Å²) in [5.74, 6) is 0.730. The van der Waals surface area contributed by atoms with Gasteiger partial charge in [-0.2, -0.15) is 0 Å². The number of azide groups is 1. The summed E-state index contributed by atoms with van der Waals surface area (Å²) in [6.07, 6.45) is 0.541. The van der Waals surface area contributed by atoms with E-state index in [1.807, 2.05) is 36.4 Å². The van der Waals surface area contributed by atoms with Crippen molar-refractivity contribution in [2.75, 3.05) is 6.54 Å². The predicted molar refractivity (Wildman–Crippen MR) is 84.0 cm³/mol. The van der Waals surface area contributed by atoms with Crippen LogP contribution in [0, 0.1) is 0 Å². The normalized spacial score (nSPS) is 16.0. The second kappa shape index (κ2) is 5.86. The lowest BCUT2D eigenvalue weighted by molar-refractivity contribution is 0.242. The van der Waals surface area contributed by atoms with Crippen LogP contribution in [-0.4, -0.2) is 12.6 Å². The first-order valence-electron chi connectivity index (χ1n) is 6.44. The summed E-state index contributed by atoms with van der Waals surface area (Å²) in [6.45, 7) is 0.296. The maximum absolute atomic E-state index is 8.42. The Morgan fingerprint density at radius 1 is 1.19 bits per heavy atom. The third-order valence-corrected chi connectivity index (χ3v) is 4.06. The maximum atomic E-state index is 8.42. The van der Waals surface area contributed by atoms with Gasteiger partial charge in [0.1, 0.15) is 11.9 Å². The van der Waals surface area contributed by atoms with Crippen LogP contribution < -0.4 is 4.74 Å². The van der Waals surface area contributed by atoms with Crippen molar-refractivity contribution in [1.29, 1.82) is 0 Å². The Labute approximate surface area is 131 Å². The topological polar surface area (TPSA) is 58.0 Å². The van der Waals surface area contributed by atoms with E-state index in [-0.39, 0.29) is 6.10 Å². The summed E-state index contributed by atoms with van der Waals surface area (Å²) in [5, 5.41) is 4.79. The number of ether oxygens (including phenoxy) is 1. The summed E-state index contributed by atoms with van der Waals surface area (Å²) in [6, 6.07) is 11.3. The number of benzene rings is 2. The van der Waals surface area contributed by atoms with Gasteiger partial charge in [0, 0.05) is 27.5 Å². The molecule has 4 nitrogen and oxygen atoms in total. The van der Waals surface area contributed by atoms with E-state index in [1.165, 1.54) is 0 Å². The number of hydrogen-bond donors (Lipinski definition) is 0. The van der Waals surface area contributed by atoms with E-state index in [1.54, 1.807) is 0 Å². The van der Waals surface area contributed by atoms with Crippen LogP contribution in [0.4, 0.5) is 0 Å². The van der Waals surface area contributed by atoms with Crippen LogP contribution in [0.5, 0.6) is 5.75 Å². The molecule has 3 rings (SSSR count). The van der Waals surface area contributed by atoms with Gasteiger partial charge >= 0.3 is 0 Å². The molecule has 2 aromatic rings. The SMILES string of the molecule is [N-]=[N+]=NCC1Cc2ccc(Cl)c(-c3ccccc3Cl)c2O1. The first-order valence-corrected chi connectivity index (χ1v) is 7.20. The Kier molecular flexibility index (Phi) is 3.93. The second-order valence-corrected chi connectivity index (χ2v) is 5.56. The van der Waals surface area contributed by atoms with E-state index >= 15 is 0 Å². The predicted octanol–water partition coefficient (Wildman–Crippen LogP) is 5.27. The monoisotopic (exact) mass is 319 g/mol. The van der Waals surface area contributed by atoms with Gasteiger partial charge in [0.25, 0.3) is 0 Å². The zero-order valence-corrected chi connectivity index (χ0v) is 12.5. The molecular formula is C15H11Cl2N3O. The molecule has 0 N–H and O–H groups in total. The molecule has 0 fully saturated rings. The number of nitrogens with zero attached hydrogens (tertiary/aromatic N) is 3. The molecule has 1 aliphatic rings. The summed E-state index contributed by atoms with van der Waals surface area (Å²) in [5.41, 5.74) is 11.1. The lowest BCUT2D eigenvalue weighted by Gasteiger charge is -2.13. The van der Waals surface area contributed by atoms with Crippen molar-refractivity contribution in [3.63, 3.8) is 0 Å². The zero-order chi connectivity index (χ0) is 14.8. The fourth-order valence-electron chi connectivity index (χ4n) is 2.50. The summed E-state index contributed by atoms with van der Waals surface area (Å²) >= 11 is 12.6. The van der Waals surface area contributed by atoms with Crippen molar-refractivity contribution in [2.24, 2.45) is 5.11 Å². The van der Waals surface area contributed by atoms with Gasteiger partial charge in [0.15, 0.2) is 0 Å². The van der Waals surface area contributed by atoms with Crippen molar-refractivity contribution < 1.29 is 4.74 Å². The number of hydrogen-bond acceptors (Lipinski definition) is 2. The van der Waals surface area contributed by atoms with Crippen molar-refractivity contribution in [2.45, 2.75) is 12.5 Å². The average Bonchev–Trinajstić information content (AvgIpc) is 2.89. The second-order valence-electron chi connectivity index (χ2n) is 4.75. The fourth-order valence-corrected chi connectivity index (χ4v) is 2.98. The highest BCUT2D eigenvalue weighted by atomic mass is 35.5. The Bertz CT molecular complexity index is 742. The highest BCUT2D eigenvalue weighted by molar-refractivity contribution is 6.36. The first kappa shape index (κ1) is 14.1. The molecule has 0 saturated carbocycles. The molecule has 1 aliphatic heterocycles. The van der Waals surface area contributed by atoms with Gasteiger partial charge in [-0.25, -0.2) is 0 Å². The average molecular weight is 320 g/mol. The molecule has 1 atom stereocenters. The Hall–Kier alpha value is -1.87. The van der Waals surface area contributed by atoms with Crippen LogP contribution >= 0.6 is 23.2 Å². The summed E-state index contributed by atoms with van der Waals surface area (Å²) in [4.78, 5) is 2.77. The van der Waals surface area contributed by atoms with E-state index in [9.17, 15) is 0 Å². The van der Waals surface area contributed by atoms with Gasteiger partial charge < -0.3 is 4.74 Å². The quantitative estimate of drug-likeness (QED) is 0.431. The van der Waals surface area contributed by atoms with E-state index in [0.717, 1.165) is 22.4 Å². The van der Waals surface area contributed by atoms with Crippen LogP contribution in [-0.2, 0) is 6.42 Å². The van der Waals surface area contributed by atoms with Gasteiger partial charge in [-0.05, 0) is 23.2 Å². The van der Waals surface area contributed by atoms with Crippen LogP contribution in [0.1, 0.15) is 5.56 Å². The highest BCUT2D eigenvalue weighted by Crippen LogP contribution is 2.45. The molecule has 106 valence electrons. The molecule has 6 heteroatoms. The van der Waals surface area contributed by atoms with E-state index in [0.29, 0.717) is 23.0 Å². The van der Waals surface area contributed by atoms with Gasteiger partial charge in [-0.15, -0.1) is 0 Å². The smallest absolute Gasteiger partial charge is 0.132 e. The van der Waals surface area contributed by atoms with Crippen LogP contribution in [0.3, 0.4) is 0 Å². The minimum Gasteiger partial charge on any atom is -0.489 e. The molecule has 0 aromatic heterocycles. The van der Waals surface area contributed by atoms with Crippen LogP contribution in [0.2, 0.25) is 10.0 Å². The van der Waals surface area contributed by atoms with Crippen LogP contribution in [0.25, 0.3) is 21.6 Å². The summed E-state index contributed by atoms with van der Waals surface area (Å²) < 4.78 is 5.92. The minimum absolute atomic E-state index is 0.157. The van der Waals surface area contributed by atoms with E-state index < -0.39 is 0 Å². The molecule has 0 aliphatic carbocycles. The molecule has 1 heterocycles. The van der Waals surface area contributed by atoms with Gasteiger partial charge in [0.2, 0.25) is 0 Å². The molecule has 0 radical (unpaired) electrons. The van der Waals surface area contributed by atoms with Gasteiger partial charge in [0.05, 0.1) is 11.6 Å². The summed E-state index contributed by atoms with van der Waals surface area (Å²) in [7, 11) is 0. The number of rotatable bonds is 3. The molecule has 0 amide bonds. The Morgan fingerprint density at radius 2 is 2.00 bits per heavy atom. The molecule has 2 aromatic carbocycles. The molecule has 0 bridgehead atoms. The van der Waals surface area contributed by atoms with E-state index in [2.05, 4.69) is 10.0 Å². The lowest BCUT2D eigenvalue weighted by Crippen LogP contribution is -2.16.